The maximum Gasteiger partial charge on any atom is 0.332 e. The van der Waals surface area contributed by atoms with E-state index in [9.17, 15) is 20.1 Å². The minimum Gasteiger partial charge on any atom is -0.336 e. The molecule has 0 aliphatic rings. The fourth-order valence-electron chi connectivity index (χ4n) is 3.54. The number of ketones is 1. The first-order valence-corrected chi connectivity index (χ1v) is 10.3. The predicted molar refractivity (Wildman–Crippen MR) is 117 cm³/mol. The lowest BCUT2D eigenvalue weighted by molar-refractivity contribution is -0.143. The number of aryl methyl sites for hydroxylation is 1. The number of carbonyl (C=O) groups is 2. The summed E-state index contributed by atoms with van der Waals surface area (Å²) in [6.07, 6.45) is 1.78. The number of rotatable bonds is 7. The molecular weight excluding hydrogens is 390 g/mol. The van der Waals surface area contributed by atoms with Gasteiger partial charge in [-0.05, 0) is 31.9 Å². The van der Waals surface area contributed by atoms with Crippen molar-refractivity contribution in [1.82, 2.24) is 4.73 Å². The lowest BCUT2D eigenvalue weighted by Crippen LogP contribution is -2.20. The Balaban J connectivity index is 2.45. The average Bonchev–Trinajstić information content (AvgIpc) is 3.06. The maximum atomic E-state index is 13.2. The van der Waals surface area contributed by atoms with Crippen LogP contribution in [0.3, 0.4) is 0 Å². The standard InChI is InChI=1S/C25H23N3O3/c1-4-6-22(29)24-20-12-18(14-26)19(15-27)13-21(20)28(31-23(30)7-5-2)25(24)17-10-8-16(3)9-11-17/h8-13H,4-7H2,1-3H3. The van der Waals surface area contributed by atoms with Crippen LogP contribution in [0.15, 0.2) is 36.4 Å². The van der Waals surface area contributed by atoms with Gasteiger partial charge in [0.15, 0.2) is 5.78 Å². The van der Waals surface area contributed by atoms with Gasteiger partial charge < -0.3 is 4.84 Å². The second kappa shape index (κ2) is 9.28. The lowest BCUT2D eigenvalue weighted by Gasteiger charge is -2.12. The molecule has 0 spiro atoms. The first-order valence-electron chi connectivity index (χ1n) is 10.3. The first kappa shape index (κ1) is 21.8. The van der Waals surface area contributed by atoms with Crippen molar-refractivity contribution in [3.8, 4) is 23.4 Å². The van der Waals surface area contributed by atoms with Gasteiger partial charge in [0, 0.05) is 23.8 Å². The number of carbonyl (C=O) groups excluding carboxylic acids is 2. The van der Waals surface area contributed by atoms with Gasteiger partial charge in [-0.1, -0.05) is 43.7 Å². The molecule has 0 radical (unpaired) electrons. The summed E-state index contributed by atoms with van der Waals surface area (Å²) < 4.78 is 1.35. The highest BCUT2D eigenvalue weighted by atomic mass is 16.7. The number of hydrogen-bond acceptors (Lipinski definition) is 5. The summed E-state index contributed by atoms with van der Waals surface area (Å²) in [5.74, 6) is -0.549. The third-order valence-electron chi connectivity index (χ3n) is 5.03. The molecule has 3 aromatic rings. The zero-order valence-electron chi connectivity index (χ0n) is 17.9. The molecule has 0 saturated heterocycles. The van der Waals surface area contributed by atoms with E-state index < -0.39 is 5.97 Å². The second-order valence-corrected chi connectivity index (χ2v) is 7.41. The van der Waals surface area contributed by atoms with E-state index in [2.05, 4.69) is 0 Å². The summed E-state index contributed by atoms with van der Waals surface area (Å²) in [7, 11) is 0. The second-order valence-electron chi connectivity index (χ2n) is 7.41. The van der Waals surface area contributed by atoms with Gasteiger partial charge in [-0.3, -0.25) is 4.79 Å². The Labute approximate surface area is 181 Å². The van der Waals surface area contributed by atoms with Crippen LogP contribution in [0.1, 0.15) is 66.6 Å². The highest BCUT2D eigenvalue weighted by Gasteiger charge is 2.27. The Morgan fingerprint density at radius 1 is 0.968 bits per heavy atom. The number of aromatic nitrogens is 1. The van der Waals surface area contributed by atoms with E-state index in [-0.39, 0.29) is 23.3 Å². The van der Waals surface area contributed by atoms with Gasteiger partial charge in [0.2, 0.25) is 0 Å². The van der Waals surface area contributed by atoms with Gasteiger partial charge >= 0.3 is 5.97 Å². The van der Waals surface area contributed by atoms with Gasteiger partial charge in [-0.15, -0.1) is 0 Å². The highest BCUT2D eigenvalue weighted by Crippen LogP contribution is 2.36. The molecule has 0 atom stereocenters. The number of nitrogens with zero attached hydrogens (tertiary/aromatic N) is 3. The van der Waals surface area contributed by atoms with Gasteiger partial charge in [-0.2, -0.15) is 15.3 Å². The summed E-state index contributed by atoms with van der Waals surface area (Å²) in [5.41, 5.74) is 3.35. The van der Waals surface area contributed by atoms with Crippen molar-refractivity contribution in [3.05, 3.63) is 58.7 Å². The van der Waals surface area contributed by atoms with E-state index >= 15 is 0 Å². The zero-order valence-corrected chi connectivity index (χ0v) is 17.9. The highest BCUT2D eigenvalue weighted by molar-refractivity contribution is 6.14. The molecule has 0 amide bonds. The van der Waals surface area contributed by atoms with E-state index in [0.717, 1.165) is 5.56 Å². The molecular formula is C25H23N3O3. The monoisotopic (exact) mass is 413 g/mol. The molecule has 31 heavy (non-hydrogen) atoms. The van der Waals surface area contributed by atoms with Crippen LogP contribution >= 0.6 is 0 Å². The zero-order chi connectivity index (χ0) is 22.5. The molecule has 0 bridgehead atoms. The molecule has 0 unspecified atom stereocenters. The van der Waals surface area contributed by atoms with E-state index in [1.807, 2.05) is 57.2 Å². The topological polar surface area (TPSA) is 95.9 Å². The lowest BCUT2D eigenvalue weighted by atomic mass is 9.97. The van der Waals surface area contributed by atoms with Crippen LogP contribution in [0.25, 0.3) is 22.2 Å². The van der Waals surface area contributed by atoms with Gasteiger partial charge in [0.25, 0.3) is 0 Å². The van der Waals surface area contributed by atoms with E-state index in [1.54, 1.807) is 6.07 Å². The smallest absolute Gasteiger partial charge is 0.332 e. The number of fused-ring (bicyclic) bond motifs is 1. The van der Waals surface area contributed by atoms with Crippen LogP contribution < -0.4 is 4.84 Å². The van der Waals surface area contributed by atoms with E-state index in [1.165, 1.54) is 10.8 Å². The molecule has 6 nitrogen and oxygen atoms in total. The van der Waals surface area contributed by atoms with Crippen molar-refractivity contribution in [2.24, 2.45) is 0 Å². The SMILES string of the molecule is CCCC(=O)On1c(-c2ccc(C)cc2)c(C(=O)CCC)c2cc(C#N)c(C#N)cc21. The molecule has 0 aliphatic heterocycles. The molecule has 1 aromatic heterocycles. The molecule has 3 rings (SSSR count). The van der Waals surface area contributed by atoms with E-state index in [0.29, 0.717) is 47.0 Å². The summed E-state index contributed by atoms with van der Waals surface area (Å²) >= 11 is 0. The Morgan fingerprint density at radius 3 is 2.16 bits per heavy atom. The molecule has 0 aliphatic carbocycles. The fraction of sp³-hybridized carbons (Fsp3) is 0.280. The fourth-order valence-corrected chi connectivity index (χ4v) is 3.54. The van der Waals surface area contributed by atoms with Crippen molar-refractivity contribution in [2.45, 2.75) is 46.5 Å². The van der Waals surface area contributed by atoms with Gasteiger partial charge in [0.05, 0.1) is 27.9 Å². The molecule has 0 fully saturated rings. The van der Waals surface area contributed by atoms with Gasteiger partial charge in [0.1, 0.15) is 12.1 Å². The normalized spacial score (nSPS) is 10.5. The first-order chi connectivity index (χ1) is 14.9. The van der Waals surface area contributed by atoms with Crippen LogP contribution in [0, 0.1) is 29.6 Å². The van der Waals surface area contributed by atoms with Crippen LogP contribution in [0.4, 0.5) is 0 Å². The van der Waals surface area contributed by atoms with Crippen LogP contribution in [-0.4, -0.2) is 16.5 Å². The minimum absolute atomic E-state index is 0.109. The number of Topliss-reactive ketones (excluding diaryl/α,β-unsaturated/α-hetero) is 1. The molecule has 1 heterocycles. The third-order valence-corrected chi connectivity index (χ3v) is 5.03. The van der Waals surface area contributed by atoms with Crippen molar-refractivity contribution in [3.63, 3.8) is 0 Å². The molecule has 6 heteroatoms. The molecule has 0 saturated carbocycles. The third kappa shape index (κ3) is 4.20. The molecule has 156 valence electrons. The van der Waals surface area contributed by atoms with Crippen LogP contribution in [0.2, 0.25) is 0 Å². The summed E-state index contributed by atoms with van der Waals surface area (Å²) in [4.78, 5) is 31.3. The van der Waals surface area contributed by atoms with Crippen molar-refractivity contribution in [2.75, 3.05) is 0 Å². The summed E-state index contributed by atoms with van der Waals surface area (Å²) in [6, 6.07) is 14.7. The largest absolute Gasteiger partial charge is 0.336 e. The van der Waals surface area contributed by atoms with Crippen molar-refractivity contribution >= 4 is 22.7 Å². The predicted octanol–water partition coefficient (Wildman–Crippen LogP) is 5.10. The molecule has 0 N–H and O–H groups in total. The van der Waals surface area contributed by atoms with E-state index in [4.69, 9.17) is 4.84 Å². The minimum atomic E-state index is -0.440. The number of benzene rings is 2. The summed E-state index contributed by atoms with van der Waals surface area (Å²) in [5, 5.41) is 19.5. The Kier molecular flexibility index (Phi) is 6.52. The Bertz CT molecular complexity index is 1240. The summed E-state index contributed by atoms with van der Waals surface area (Å²) in [6.45, 7) is 5.75. The van der Waals surface area contributed by atoms with Crippen LogP contribution in [-0.2, 0) is 4.79 Å². The van der Waals surface area contributed by atoms with Crippen molar-refractivity contribution in [1.29, 1.82) is 10.5 Å². The average molecular weight is 413 g/mol. The van der Waals surface area contributed by atoms with Crippen LogP contribution in [0.5, 0.6) is 0 Å². The molecule has 2 aromatic carbocycles. The number of hydrogen-bond donors (Lipinski definition) is 0. The Hall–Kier alpha value is -3.90. The maximum absolute atomic E-state index is 13.2. The number of nitriles is 2. The Morgan fingerprint density at radius 2 is 1.58 bits per heavy atom. The van der Waals surface area contributed by atoms with Gasteiger partial charge in [-0.25, -0.2) is 4.79 Å². The van der Waals surface area contributed by atoms with Crippen molar-refractivity contribution < 1.29 is 14.4 Å². The quantitative estimate of drug-likeness (QED) is 0.502.